The number of hydrogen-bond donors (Lipinski definition) is 1. The Bertz CT molecular complexity index is 715. The van der Waals surface area contributed by atoms with Gasteiger partial charge in [0.1, 0.15) is 0 Å². The van der Waals surface area contributed by atoms with Gasteiger partial charge in [-0.3, -0.25) is 4.79 Å². The van der Waals surface area contributed by atoms with Crippen LogP contribution < -0.4 is 5.56 Å². The third kappa shape index (κ3) is 3.48. The van der Waals surface area contributed by atoms with Gasteiger partial charge in [-0.1, -0.05) is 37.3 Å². The van der Waals surface area contributed by atoms with Crippen molar-refractivity contribution in [3.63, 3.8) is 0 Å². The molecule has 4 heteroatoms. The van der Waals surface area contributed by atoms with Gasteiger partial charge in [-0.15, -0.1) is 0 Å². The van der Waals surface area contributed by atoms with Gasteiger partial charge in [-0.05, 0) is 30.2 Å². The number of aliphatic carboxylic acids is 1. The van der Waals surface area contributed by atoms with E-state index in [2.05, 4.69) is 0 Å². The van der Waals surface area contributed by atoms with Gasteiger partial charge in [0.2, 0.25) is 0 Å². The molecule has 0 atom stereocenters. The molecule has 2 aromatic rings. The lowest BCUT2D eigenvalue weighted by Gasteiger charge is -2.13. The Balaban J connectivity index is 2.56. The molecule has 21 heavy (non-hydrogen) atoms. The van der Waals surface area contributed by atoms with Crippen molar-refractivity contribution < 1.29 is 9.90 Å². The van der Waals surface area contributed by atoms with Gasteiger partial charge >= 0.3 is 5.97 Å². The van der Waals surface area contributed by atoms with E-state index in [1.807, 2.05) is 43.3 Å². The molecule has 0 aliphatic carbocycles. The lowest BCUT2D eigenvalue weighted by molar-refractivity contribution is -0.131. The Kier molecular flexibility index (Phi) is 4.72. The summed E-state index contributed by atoms with van der Waals surface area (Å²) in [6, 6.07) is 13.2. The maximum Gasteiger partial charge on any atom is 0.328 e. The van der Waals surface area contributed by atoms with Crippen LogP contribution in [0.5, 0.6) is 0 Å². The average molecular weight is 283 g/mol. The fourth-order valence-corrected chi connectivity index (χ4v) is 2.19. The van der Waals surface area contributed by atoms with Gasteiger partial charge in [0.25, 0.3) is 5.56 Å². The Morgan fingerprint density at radius 3 is 2.52 bits per heavy atom. The second-order valence-corrected chi connectivity index (χ2v) is 4.67. The van der Waals surface area contributed by atoms with Crippen LogP contribution in [0.4, 0.5) is 0 Å². The van der Waals surface area contributed by atoms with Gasteiger partial charge in [0, 0.05) is 18.2 Å². The molecular formula is C17H17NO3. The molecule has 0 aliphatic rings. The number of rotatable bonds is 5. The number of carboxylic acid groups (broad SMARTS) is 1. The third-order valence-electron chi connectivity index (χ3n) is 3.13. The number of carbonyl (C=O) groups is 1. The van der Waals surface area contributed by atoms with E-state index in [9.17, 15) is 9.59 Å². The monoisotopic (exact) mass is 283 g/mol. The number of carboxylic acids is 1. The lowest BCUT2D eigenvalue weighted by atomic mass is 10.1. The average Bonchev–Trinajstić information content (AvgIpc) is 2.49. The van der Waals surface area contributed by atoms with Gasteiger partial charge in [-0.25, -0.2) is 4.79 Å². The third-order valence-corrected chi connectivity index (χ3v) is 3.13. The molecule has 0 aliphatic heterocycles. The predicted octanol–water partition coefficient (Wildman–Crippen LogP) is 3.02. The number of aromatic nitrogens is 1. The van der Waals surface area contributed by atoms with Crippen molar-refractivity contribution in [2.24, 2.45) is 0 Å². The van der Waals surface area contributed by atoms with Crippen LogP contribution >= 0.6 is 0 Å². The summed E-state index contributed by atoms with van der Waals surface area (Å²) >= 11 is 0. The highest BCUT2D eigenvalue weighted by molar-refractivity contribution is 5.85. The molecule has 1 aromatic carbocycles. The van der Waals surface area contributed by atoms with Gasteiger partial charge < -0.3 is 9.67 Å². The number of benzene rings is 1. The highest BCUT2D eigenvalue weighted by atomic mass is 16.4. The van der Waals surface area contributed by atoms with Crippen LogP contribution in [0.15, 0.2) is 53.3 Å². The molecule has 0 spiro atoms. The topological polar surface area (TPSA) is 59.3 Å². The maximum atomic E-state index is 12.5. The zero-order chi connectivity index (χ0) is 15.2. The van der Waals surface area contributed by atoms with Crippen molar-refractivity contribution in [3.05, 3.63) is 64.5 Å². The molecule has 0 amide bonds. The predicted molar refractivity (Wildman–Crippen MR) is 83.1 cm³/mol. The minimum absolute atomic E-state index is 0.171. The molecule has 0 saturated carbocycles. The first-order valence-corrected chi connectivity index (χ1v) is 6.83. The molecule has 108 valence electrons. The smallest absolute Gasteiger partial charge is 0.328 e. The van der Waals surface area contributed by atoms with E-state index < -0.39 is 5.97 Å². The van der Waals surface area contributed by atoms with Crippen LogP contribution in [0.1, 0.15) is 18.9 Å². The van der Waals surface area contributed by atoms with E-state index in [1.54, 1.807) is 10.6 Å². The molecule has 4 nitrogen and oxygen atoms in total. The minimum Gasteiger partial charge on any atom is -0.478 e. The first kappa shape index (κ1) is 14.8. The van der Waals surface area contributed by atoms with Gasteiger partial charge in [0.05, 0.1) is 5.69 Å². The van der Waals surface area contributed by atoms with Crippen LogP contribution in [0.3, 0.4) is 0 Å². The fourth-order valence-electron chi connectivity index (χ4n) is 2.19. The molecule has 0 radical (unpaired) electrons. The first-order valence-electron chi connectivity index (χ1n) is 6.83. The molecular weight excluding hydrogens is 266 g/mol. The fraction of sp³-hybridized carbons (Fsp3) is 0.176. The molecule has 1 heterocycles. The largest absolute Gasteiger partial charge is 0.478 e. The van der Waals surface area contributed by atoms with Crippen molar-refractivity contribution in [2.75, 3.05) is 0 Å². The minimum atomic E-state index is -1.07. The molecule has 0 bridgehead atoms. The van der Waals surface area contributed by atoms with Crippen molar-refractivity contribution in [3.8, 4) is 11.3 Å². The second kappa shape index (κ2) is 6.70. The van der Waals surface area contributed by atoms with Crippen molar-refractivity contribution >= 4 is 12.0 Å². The quantitative estimate of drug-likeness (QED) is 0.858. The number of pyridine rings is 1. The Morgan fingerprint density at radius 1 is 1.19 bits per heavy atom. The molecule has 0 unspecified atom stereocenters. The summed E-state index contributed by atoms with van der Waals surface area (Å²) < 4.78 is 1.69. The van der Waals surface area contributed by atoms with E-state index in [1.165, 1.54) is 6.08 Å². The zero-order valence-electron chi connectivity index (χ0n) is 11.8. The summed E-state index contributed by atoms with van der Waals surface area (Å²) in [7, 11) is 0. The SMILES string of the molecule is CCCn1c(-c2ccccc2)ccc(/C=C/C(=O)O)c1=O. The summed E-state index contributed by atoms with van der Waals surface area (Å²) in [4.78, 5) is 23.1. The van der Waals surface area contributed by atoms with E-state index in [0.29, 0.717) is 12.1 Å². The van der Waals surface area contributed by atoms with Crippen molar-refractivity contribution in [2.45, 2.75) is 19.9 Å². The van der Waals surface area contributed by atoms with E-state index >= 15 is 0 Å². The highest BCUT2D eigenvalue weighted by Crippen LogP contribution is 2.18. The van der Waals surface area contributed by atoms with E-state index in [0.717, 1.165) is 23.8 Å². The van der Waals surface area contributed by atoms with Gasteiger partial charge in [0.15, 0.2) is 0 Å². The molecule has 0 fully saturated rings. The molecule has 1 aromatic heterocycles. The molecule has 2 rings (SSSR count). The Morgan fingerprint density at radius 2 is 1.90 bits per heavy atom. The van der Waals surface area contributed by atoms with E-state index in [-0.39, 0.29) is 5.56 Å². The van der Waals surface area contributed by atoms with E-state index in [4.69, 9.17) is 5.11 Å². The van der Waals surface area contributed by atoms with Crippen molar-refractivity contribution in [1.29, 1.82) is 0 Å². The second-order valence-electron chi connectivity index (χ2n) is 4.67. The Labute approximate surface area is 123 Å². The first-order chi connectivity index (χ1) is 10.1. The summed E-state index contributed by atoms with van der Waals surface area (Å²) in [6.07, 6.45) is 3.15. The van der Waals surface area contributed by atoms with Crippen LogP contribution in [-0.2, 0) is 11.3 Å². The summed E-state index contributed by atoms with van der Waals surface area (Å²) in [5, 5.41) is 8.68. The number of nitrogens with zero attached hydrogens (tertiary/aromatic N) is 1. The van der Waals surface area contributed by atoms with Crippen molar-refractivity contribution in [1.82, 2.24) is 4.57 Å². The van der Waals surface area contributed by atoms with Crippen LogP contribution in [0, 0.1) is 0 Å². The lowest BCUT2D eigenvalue weighted by Crippen LogP contribution is -2.23. The normalized spacial score (nSPS) is 10.9. The van der Waals surface area contributed by atoms with Crippen LogP contribution in [0.25, 0.3) is 17.3 Å². The summed E-state index contributed by atoms with van der Waals surface area (Å²) in [6.45, 7) is 2.60. The standard InChI is InChI=1S/C17H17NO3/c1-2-12-18-15(13-6-4-3-5-7-13)10-8-14(17(18)21)9-11-16(19)20/h3-11H,2,12H2,1H3,(H,19,20)/b11-9+. The number of hydrogen-bond acceptors (Lipinski definition) is 2. The molecule has 0 saturated heterocycles. The summed E-state index contributed by atoms with van der Waals surface area (Å²) in [5.74, 6) is -1.07. The summed E-state index contributed by atoms with van der Waals surface area (Å²) in [5.41, 5.74) is 2.02. The Hall–Kier alpha value is -2.62. The van der Waals surface area contributed by atoms with Crippen LogP contribution in [-0.4, -0.2) is 15.6 Å². The zero-order valence-corrected chi connectivity index (χ0v) is 11.8. The molecule has 1 N–H and O–H groups in total. The maximum absolute atomic E-state index is 12.5. The van der Waals surface area contributed by atoms with Crippen LogP contribution in [0.2, 0.25) is 0 Å². The highest BCUT2D eigenvalue weighted by Gasteiger charge is 2.08. The van der Waals surface area contributed by atoms with Gasteiger partial charge in [-0.2, -0.15) is 0 Å².